The molecule has 2 aromatic carbocycles. The molecule has 0 bridgehead atoms. The van der Waals surface area contributed by atoms with Crippen LogP contribution in [0.2, 0.25) is 0 Å². The molecular weight excluding hydrogens is 238 g/mol. The fourth-order valence-electron chi connectivity index (χ4n) is 2.10. The predicted octanol–water partition coefficient (Wildman–Crippen LogP) is 2.36. The standard InChI is InChI=1S/C15H15N3O/c1-15(16,17)19-14-8-4-7-13-11(14)9-10-5-2-3-6-12(10)18-13/h2-9H,16-17H2,1H3. The minimum absolute atomic E-state index is 0.642. The summed E-state index contributed by atoms with van der Waals surface area (Å²) in [5.41, 5.74) is 13.2. The molecule has 0 aliphatic heterocycles. The van der Waals surface area contributed by atoms with E-state index in [9.17, 15) is 0 Å². The Morgan fingerprint density at radius 2 is 1.74 bits per heavy atom. The zero-order valence-electron chi connectivity index (χ0n) is 10.6. The van der Waals surface area contributed by atoms with Crippen molar-refractivity contribution < 1.29 is 4.74 Å². The SMILES string of the molecule is CC(N)(N)Oc1cccc2nc3ccccc3cc12. The molecule has 4 heteroatoms. The number of nitrogens with zero attached hydrogens (tertiary/aromatic N) is 1. The van der Waals surface area contributed by atoms with Gasteiger partial charge in [-0.15, -0.1) is 0 Å². The summed E-state index contributed by atoms with van der Waals surface area (Å²) in [5.74, 6) is -0.567. The fraction of sp³-hybridized carbons (Fsp3) is 0.133. The van der Waals surface area contributed by atoms with Crippen LogP contribution in [0, 0.1) is 0 Å². The average Bonchev–Trinajstić information content (AvgIpc) is 2.35. The summed E-state index contributed by atoms with van der Waals surface area (Å²) in [4.78, 5) is 4.61. The average molecular weight is 253 g/mol. The Balaban J connectivity index is 2.26. The quantitative estimate of drug-likeness (QED) is 0.543. The zero-order valence-corrected chi connectivity index (χ0v) is 10.6. The van der Waals surface area contributed by atoms with E-state index in [0.29, 0.717) is 5.75 Å². The Morgan fingerprint density at radius 3 is 2.53 bits per heavy atom. The Morgan fingerprint density at radius 1 is 1.00 bits per heavy atom. The maximum atomic E-state index is 5.71. The van der Waals surface area contributed by atoms with Gasteiger partial charge in [0.2, 0.25) is 5.85 Å². The van der Waals surface area contributed by atoms with Crippen molar-refractivity contribution in [2.24, 2.45) is 11.5 Å². The number of aromatic nitrogens is 1. The van der Waals surface area contributed by atoms with Gasteiger partial charge in [0.25, 0.3) is 0 Å². The fourth-order valence-corrected chi connectivity index (χ4v) is 2.10. The minimum Gasteiger partial charge on any atom is -0.460 e. The molecule has 0 amide bonds. The van der Waals surface area contributed by atoms with E-state index >= 15 is 0 Å². The van der Waals surface area contributed by atoms with Crippen molar-refractivity contribution >= 4 is 21.8 Å². The smallest absolute Gasteiger partial charge is 0.209 e. The van der Waals surface area contributed by atoms with Gasteiger partial charge in [-0.2, -0.15) is 0 Å². The second kappa shape index (κ2) is 4.19. The molecule has 0 radical (unpaired) electrons. The third-order valence-corrected chi connectivity index (χ3v) is 2.85. The van der Waals surface area contributed by atoms with Gasteiger partial charge < -0.3 is 4.74 Å². The summed E-state index contributed by atoms with van der Waals surface area (Å²) in [5, 5.41) is 1.96. The third kappa shape index (κ3) is 2.36. The van der Waals surface area contributed by atoms with Crippen molar-refractivity contribution in [2.45, 2.75) is 12.8 Å². The molecule has 0 fully saturated rings. The lowest BCUT2D eigenvalue weighted by molar-refractivity contribution is 0.106. The van der Waals surface area contributed by atoms with Gasteiger partial charge in [-0.05, 0) is 24.3 Å². The van der Waals surface area contributed by atoms with Crippen LogP contribution < -0.4 is 16.2 Å². The first kappa shape index (κ1) is 11.9. The van der Waals surface area contributed by atoms with Crippen molar-refractivity contribution in [3.05, 3.63) is 48.5 Å². The van der Waals surface area contributed by atoms with E-state index in [2.05, 4.69) is 4.98 Å². The van der Waals surface area contributed by atoms with Crippen molar-refractivity contribution in [2.75, 3.05) is 0 Å². The van der Waals surface area contributed by atoms with Gasteiger partial charge in [0, 0.05) is 17.7 Å². The summed E-state index contributed by atoms with van der Waals surface area (Å²) >= 11 is 0. The molecular formula is C15H15N3O. The highest BCUT2D eigenvalue weighted by Crippen LogP contribution is 2.28. The summed E-state index contributed by atoms with van der Waals surface area (Å²) in [6.07, 6.45) is 0. The molecule has 4 nitrogen and oxygen atoms in total. The van der Waals surface area contributed by atoms with E-state index in [1.165, 1.54) is 0 Å². The maximum Gasteiger partial charge on any atom is 0.209 e. The van der Waals surface area contributed by atoms with Gasteiger partial charge >= 0.3 is 0 Å². The minimum atomic E-state index is -1.21. The topological polar surface area (TPSA) is 74.2 Å². The van der Waals surface area contributed by atoms with E-state index in [0.717, 1.165) is 21.8 Å². The van der Waals surface area contributed by atoms with E-state index in [4.69, 9.17) is 16.2 Å². The molecule has 0 aliphatic carbocycles. The van der Waals surface area contributed by atoms with Crippen LogP contribution >= 0.6 is 0 Å². The summed E-state index contributed by atoms with van der Waals surface area (Å²) in [7, 11) is 0. The van der Waals surface area contributed by atoms with Crippen LogP contribution in [0.15, 0.2) is 48.5 Å². The van der Waals surface area contributed by atoms with Crippen molar-refractivity contribution in [3.8, 4) is 5.75 Å². The molecule has 19 heavy (non-hydrogen) atoms. The zero-order chi connectivity index (χ0) is 13.5. The van der Waals surface area contributed by atoms with Crippen LogP contribution in [-0.4, -0.2) is 10.8 Å². The predicted molar refractivity (Wildman–Crippen MR) is 76.7 cm³/mol. The Bertz CT molecular complexity index is 747. The lowest BCUT2D eigenvalue weighted by Gasteiger charge is -2.21. The monoisotopic (exact) mass is 253 g/mol. The van der Waals surface area contributed by atoms with E-state index in [-0.39, 0.29) is 0 Å². The summed E-state index contributed by atoms with van der Waals surface area (Å²) < 4.78 is 5.58. The summed E-state index contributed by atoms with van der Waals surface area (Å²) in [6, 6.07) is 15.7. The summed E-state index contributed by atoms with van der Waals surface area (Å²) in [6.45, 7) is 1.61. The van der Waals surface area contributed by atoms with Crippen LogP contribution in [0.5, 0.6) is 5.75 Å². The van der Waals surface area contributed by atoms with Gasteiger partial charge in [-0.3, -0.25) is 11.5 Å². The van der Waals surface area contributed by atoms with E-state index in [1.807, 2.05) is 48.5 Å². The number of para-hydroxylation sites is 1. The molecule has 0 aliphatic rings. The number of pyridine rings is 1. The molecule has 0 saturated carbocycles. The Labute approximate surface area is 111 Å². The number of benzene rings is 2. The van der Waals surface area contributed by atoms with Gasteiger partial charge in [0.05, 0.1) is 11.0 Å². The molecule has 0 saturated heterocycles. The molecule has 0 spiro atoms. The first-order valence-corrected chi connectivity index (χ1v) is 6.08. The van der Waals surface area contributed by atoms with Crippen molar-refractivity contribution in [1.82, 2.24) is 4.98 Å². The highest BCUT2D eigenvalue weighted by molar-refractivity contribution is 5.95. The second-order valence-corrected chi connectivity index (χ2v) is 4.79. The van der Waals surface area contributed by atoms with Crippen LogP contribution in [0.4, 0.5) is 0 Å². The molecule has 3 aromatic rings. The highest BCUT2D eigenvalue weighted by atomic mass is 16.5. The first-order chi connectivity index (χ1) is 9.03. The van der Waals surface area contributed by atoms with E-state index < -0.39 is 5.85 Å². The van der Waals surface area contributed by atoms with Gasteiger partial charge in [0.1, 0.15) is 5.75 Å². The lowest BCUT2D eigenvalue weighted by Crippen LogP contribution is -2.51. The van der Waals surface area contributed by atoms with Gasteiger partial charge in [-0.1, -0.05) is 24.3 Å². The number of ether oxygens (including phenoxy) is 1. The number of hydrogen-bond acceptors (Lipinski definition) is 4. The first-order valence-electron chi connectivity index (χ1n) is 6.08. The Kier molecular flexibility index (Phi) is 2.62. The number of hydrogen-bond donors (Lipinski definition) is 2. The number of nitrogens with two attached hydrogens (primary N) is 2. The largest absolute Gasteiger partial charge is 0.460 e. The molecule has 1 heterocycles. The van der Waals surface area contributed by atoms with E-state index in [1.54, 1.807) is 6.92 Å². The van der Waals surface area contributed by atoms with Crippen LogP contribution in [-0.2, 0) is 0 Å². The van der Waals surface area contributed by atoms with Gasteiger partial charge in [-0.25, -0.2) is 4.98 Å². The second-order valence-electron chi connectivity index (χ2n) is 4.79. The molecule has 0 atom stereocenters. The van der Waals surface area contributed by atoms with Crippen LogP contribution in [0.25, 0.3) is 21.8 Å². The molecule has 1 aromatic heterocycles. The normalized spacial score (nSPS) is 11.9. The maximum absolute atomic E-state index is 5.71. The molecule has 0 unspecified atom stereocenters. The van der Waals surface area contributed by atoms with Crippen LogP contribution in [0.1, 0.15) is 6.92 Å². The van der Waals surface area contributed by atoms with Crippen molar-refractivity contribution in [3.63, 3.8) is 0 Å². The lowest BCUT2D eigenvalue weighted by atomic mass is 10.1. The number of rotatable bonds is 2. The highest BCUT2D eigenvalue weighted by Gasteiger charge is 2.15. The third-order valence-electron chi connectivity index (χ3n) is 2.85. The molecule has 3 rings (SSSR count). The molecule has 96 valence electrons. The van der Waals surface area contributed by atoms with Crippen molar-refractivity contribution in [1.29, 1.82) is 0 Å². The van der Waals surface area contributed by atoms with Crippen LogP contribution in [0.3, 0.4) is 0 Å². The molecule has 4 N–H and O–H groups in total. The number of fused-ring (bicyclic) bond motifs is 2. The van der Waals surface area contributed by atoms with Gasteiger partial charge in [0.15, 0.2) is 0 Å². The Hall–Kier alpha value is -2.17.